The molecule has 0 radical (unpaired) electrons. The number of nitrogens with zero attached hydrogens (tertiary/aromatic N) is 1. The molecule has 0 heterocycles. The van der Waals surface area contributed by atoms with Crippen molar-refractivity contribution in [1.29, 1.82) is 0 Å². The lowest BCUT2D eigenvalue weighted by atomic mass is 9.85. The Labute approximate surface area is 115 Å². The number of hydrogen-bond acceptors (Lipinski definition) is 2. The highest BCUT2D eigenvalue weighted by molar-refractivity contribution is 5.57. The van der Waals surface area contributed by atoms with Crippen LogP contribution in [0.4, 0.5) is 10.1 Å². The molecule has 1 aromatic rings. The molecule has 2 N–H and O–H groups in total. The van der Waals surface area contributed by atoms with Crippen molar-refractivity contribution in [3.63, 3.8) is 0 Å². The van der Waals surface area contributed by atoms with Crippen molar-refractivity contribution >= 4 is 5.69 Å². The molecule has 1 aromatic carbocycles. The monoisotopic (exact) mass is 264 g/mol. The first kappa shape index (κ1) is 14.3. The second-order valence-electron chi connectivity index (χ2n) is 5.78. The summed E-state index contributed by atoms with van der Waals surface area (Å²) in [5.74, 6) is 0.641. The van der Waals surface area contributed by atoms with Gasteiger partial charge in [-0.15, -0.1) is 0 Å². The van der Waals surface area contributed by atoms with Gasteiger partial charge < -0.3 is 10.6 Å². The molecule has 106 valence electrons. The van der Waals surface area contributed by atoms with E-state index in [1.165, 1.54) is 19.3 Å². The first-order chi connectivity index (χ1) is 9.02. The van der Waals surface area contributed by atoms with E-state index in [0.29, 0.717) is 5.56 Å². The third-order valence-electron chi connectivity index (χ3n) is 4.22. The Morgan fingerprint density at radius 3 is 2.58 bits per heavy atom. The van der Waals surface area contributed by atoms with Crippen LogP contribution in [0.2, 0.25) is 0 Å². The van der Waals surface area contributed by atoms with Gasteiger partial charge in [-0.25, -0.2) is 4.39 Å². The van der Waals surface area contributed by atoms with Gasteiger partial charge in [0.25, 0.3) is 0 Å². The molecular formula is C16H25FN2. The van der Waals surface area contributed by atoms with Gasteiger partial charge in [-0.1, -0.05) is 6.42 Å². The largest absolute Gasteiger partial charge is 0.371 e. The molecule has 2 rings (SSSR count). The Morgan fingerprint density at radius 1 is 1.42 bits per heavy atom. The standard InChI is InChI=1S/C16H25FN2/c1-4-19(10-13-6-5-7-13)16-8-11(2)15(17)9-14(16)12(3)18/h8-9,12-13H,4-7,10,18H2,1-3H3/t12-/m1/s1. The van der Waals surface area contributed by atoms with Crippen molar-refractivity contribution in [3.8, 4) is 0 Å². The van der Waals surface area contributed by atoms with Crippen molar-refractivity contribution in [2.75, 3.05) is 18.0 Å². The average Bonchev–Trinajstić information content (AvgIpc) is 2.31. The van der Waals surface area contributed by atoms with E-state index in [9.17, 15) is 4.39 Å². The van der Waals surface area contributed by atoms with Crippen LogP contribution in [0, 0.1) is 18.7 Å². The van der Waals surface area contributed by atoms with Gasteiger partial charge in [-0.05, 0) is 62.8 Å². The minimum Gasteiger partial charge on any atom is -0.371 e. The molecule has 0 aliphatic heterocycles. The maximum Gasteiger partial charge on any atom is 0.126 e. The summed E-state index contributed by atoms with van der Waals surface area (Å²) in [7, 11) is 0. The van der Waals surface area contributed by atoms with Crippen molar-refractivity contribution in [3.05, 3.63) is 29.1 Å². The van der Waals surface area contributed by atoms with Gasteiger partial charge in [0.15, 0.2) is 0 Å². The summed E-state index contributed by atoms with van der Waals surface area (Å²) in [6.07, 6.45) is 4.00. The number of aryl methyl sites for hydroxylation is 1. The number of rotatable bonds is 5. The molecule has 0 spiro atoms. The van der Waals surface area contributed by atoms with E-state index < -0.39 is 0 Å². The third-order valence-corrected chi connectivity index (χ3v) is 4.22. The van der Waals surface area contributed by atoms with Gasteiger partial charge >= 0.3 is 0 Å². The molecule has 1 aliphatic carbocycles. The fourth-order valence-electron chi connectivity index (χ4n) is 2.71. The lowest BCUT2D eigenvalue weighted by Crippen LogP contribution is -2.33. The molecule has 0 amide bonds. The highest BCUT2D eigenvalue weighted by Gasteiger charge is 2.22. The maximum atomic E-state index is 13.8. The Balaban J connectivity index is 2.31. The SMILES string of the molecule is CCN(CC1CCC1)c1cc(C)c(F)cc1[C@@H](C)N. The zero-order valence-corrected chi connectivity index (χ0v) is 12.2. The van der Waals surface area contributed by atoms with Gasteiger partial charge in [0.05, 0.1) is 0 Å². The van der Waals surface area contributed by atoms with Crippen LogP contribution in [0.15, 0.2) is 12.1 Å². The van der Waals surface area contributed by atoms with Gasteiger partial charge in [-0.2, -0.15) is 0 Å². The molecule has 1 saturated carbocycles. The highest BCUT2D eigenvalue weighted by atomic mass is 19.1. The molecule has 2 nitrogen and oxygen atoms in total. The number of nitrogens with two attached hydrogens (primary N) is 1. The molecule has 1 atom stereocenters. The smallest absolute Gasteiger partial charge is 0.126 e. The summed E-state index contributed by atoms with van der Waals surface area (Å²) in [5.41, 5.74) is 8.75. The third kappa shape index (κ3) is 3.08. The summed E-state index contributed by atoms with van der Waals surface area (Å²) in [6, 6.07) is 3.43. The topological polar surface area (TPSA) is 29.3 Å². The van der Waals surface area contributed by atoms with E-state index in [2.05, 4.69) is 11.8 Å². The number of benzene rings is 1. The second kappa shape index (κ2) is 5.91. The zero-order valence-electron chi connectivity index (χ0n) is 12.2. The number of halogens is 1. The first-order valence-corrected chi connectivity index (χ1v) is 7.33. The minimum atomic E-state index is -0.157. The Bertz CT molecular complexity index is 439. The van der Waals surface area contributed by atoms with Crippen LogP contribution in [0.5, 0.6) is 0 Å². The summed E-state index contributed by atoms with van der Waals surface area (Å²) in [5, 5.41) is 0. The van der Waals surface area contributed by atoms with Gasteiger partial charge in [0.1, 0.15) is 5.82 Å². The van der Waals surface area contributed by atoms with E-state index in [-0.39, 0.29) is 11.9 Å². The first-order valence-electron chi connectivity index (χ1n) is 7.33. The predicted molar refractivity (Wildman–Crippen MR) is 79.0 cm³/mol. The zero-order chi connectivity index (χ0) is 14.0. The summed E-state index contributed by atoms with van der Waals surface area (Å²) in [6.45, 7) is 7.91. The maximum absolute atomic E-state index is 13.8. The average molecular weight is 264 g/mol. The van der Waals surface area contributed by atoms with Crippen LogP contribution < -0.4 is 10.6 Å². The van der Waals surface area contributed by atoms with Crippen LogP contribution in [0.1, 0.15) is 50.3 Å². The van der Waals surface area contributed by atoms with Crippen LogP contribution in [0.3, 0.4) is 0 Å². The molecule has 1 fully saturated rings. The van der Waals surface area contributed by atoms with E-state index in [1.807, 2.05) is 19.9 Å². The van der Waals surface area contributed by atoms with Crippen molar-refractivity contribution in [2.24, 2.45) is 11.7 Å². The molecule has 0 saturated heterocycles. The van der Waals surface area contributed by atoms with Crippen LogP contribution >= 0.6 is 0 Å². The van der Waals surface area contributed by atoms with E-state index >= 15 is 0 Å². The lowest BCUT2D eigenvalue weighted by Gasteiger charge is -2.35. The number of hydrogen-bond donors (Lipinski definition) is 1. The molecule has 0 aromatic heterocycles. The summed E-state index contributed by atoms with van der Waals surface area (Å²) in [4.78, 5) is 2.36. The van der Waals surface area contributed by atoms with Gasteiger partial charge in [0, 0.05) is 24.8 Å². The quantitative estimate of drug-likeness (QED) is 0.877. The summed E-state index contributed by atoms with van der Waals surface area (Å²) >= 11 is 0. The molecule has 0 bridgehead atoms. The minimum absolute atomic E-state index is 0.138. The van der Waals surface area contributed by atoms with Crippen molar-refractivity contribution in [1.82, 2.24) is 0 Å². The summed E-state index contributed by atoms with van der Waals surface area (Å²) < 4.78 is 13.8. The van der Waals surface area contributed by atoms with Crippen LogP contribution in [0.25, 0.3) is 0 Å². The van der Waals surface area contributed by atoms with Crippen LogP contribution in [-0.4, -0.2) is 13.1 Å². The van der Waals surface area contributed by atoms with Gasteiger partial charge in [-0.3, -0.25) is 0 Å². The predicted octanol–water partition coefficient (Wildman–Crippen LogP) is 3.78. The van der Waals surface area contributed by atoms with Crippen LogP contribution in [-0.2, 0) is 0 Å². The highest BCUT2D eigenvalue weighted by Crippen LogP contribution is 2.32. The molecule has 3 heteroatoms. The van der Waals surface area contributed by atoms with Gasteiger partial charge in [0.2, 0.25) is 0 Å². The molecular weight excluding hydrogens is 239 g/mol. The van der Waals surface area contributed by atoms with Crippen molar-refractivity contribution in [2.45, 2.75) is 46.1 Å². The van der Waals surface area contributed by atoms with Crippen molar-refractivity contribution < 1.29 is 4.39 Å². The fourth-order valence-corrected chi connectivity index (χ4v) is 2.71. The normalized spacial score (nSPS) is 17.1. The lowest BCUT2D eigenvalue weighted by molar-refractivity contribution is 0.318. The Kier molecular flexibility index (Phi) is 4.46. The Morgan fingerprint density at radius 2 is 2.11 bits per heavy atom. The van der Waals surface area contributed by atoms with E-state index in [1.54, 1.807) is 6.07 Å². The van der Waals surface area contributed by atoms with E-state index in [4.69, 9.17) is 5.73 Å². The second-order valence-corrected chi connectivity index (χ2v) is 5.78. The number of anilines is 1. The molecule has 1 aliphatic rings. The van der Waals surface area contributed by atoms with E-state index in [0.717, 1.165) is 30.3 Å². The molecule has 0 unspecified atom stereocenters. The molecule has 19 heavy (non-hydrogen) atoms. The fraction of sp³-hybridized carbons (Fsp3) is 0.625. The Hall–Kier alpha value is -1.09.